The van der Waals surface area contributed by atoms with Crippen LogP contribution in [0.15, 0.2) is 86.0 Å². The Labute approximate surface area is 205 Å². The van der Waals surface area contributed by atoms with Crippen molar-refractivity contribution in [2.24, 2.45) is 0 Å². The molecular formula is C28H37NO4Si. The Hall–Kier alpha value is -2.96. The Kier molecular flexibility index (Phi) is 10.5. The molecule has 1 N–H and O–H groups in total. The van der Waals surface area contributed by atoms with E-state index >= 15 is 0 Å². The Bertz CT molecular complexity index is 898. The molecule has 5 nitrogen and oxygen atoms in total. The summed E-state index contributed by atoms with van der Waals surface area (Å²) in [5, 5.41) is 4.76. The first-order valence-corrected chi connectivity index (χ1v) is 13.6. The number of Topliss-reactive ketones (excluding diaryl/α,β-unsaturated/α-hetero) is 1. The van der Waals surface area contributed by atoms with Gasteiger partial charge >= 0.3 is 6.09 Å². The zero-order chi connectivity index (χ0) is 25.0. The maximum atomic E-state index is 12.8. The molecule has 6 heteroatoms. The number of benzene rings is 2. The largest absolute Gasteiger partial charge is 0.445 e. The van der Waals surface area contributed by atoms with E-state index in [1.165, 1.54) is 6.08 Å². The van der Waals surface area contributed by atoms with Gasteiger partial charge in [-0.25, -0.2) is 4.79 Å². The number of alkyl carbamates (subject to hydrolysis) is 1. The lowest BCUT2D eigenvalue weighted by atomic mass is 10.1. The van der Waals surface area contributed by atoms with E-state index in [1.807, 2.05) is 36.4 Å². The van der Waals surface area contributed by atoms with Crippen molar-refractivity contribution in [2.75, 3.05) is 13.2 Å². The summed E-state index contributed by atoms with van der Waals surface area (Å²) < 4.78 is 12.1. The summed E-state index contributed by atoms with van der Waals surface area (Å²) in [5.41, 5.74) is 0. The number of hydrogen-bond donors (Lipinski definition) is 1. The van der Waals surface area contributed by atoms with Gasteiger partial charge in [-0.3, -0.25) is 4.79 Å². The molecule has 1 atom stereocenters. The van der Waals surface area contributed by atoms with Crippen LogP contribution in [0.3, 0.4) is 0 Å². The highest BCUT2D eigenvalue weighted by Crippen LogP contribution is 2.37. The van der Waals surface area contributed by atoms with Gasteiger partial charge in [0.2, 0.25) is 0 Å². The van der Waals surface area contributed by atoms with Crippen LogP contribution in [0.5, 0.6) is 0 Å². The summed E-state index contributed by atoms with van der Waals surface area (Å²) in [7, 11) is -2.89. The average Bonchev–Trinajstić information content (AvgIpc) is 2.83. The van der Waals surface area contributed by atoms with Crippen molar-refractivity contribution in [1.82, 2.24) is 5.32 Å². The maximum Gasteiger partial charge on any atom is 0.407 e. The first-order chi connectivity index (χ1) is 16.2. The highest BCUT2D eigenvalue weighted by Gasteiger charge is 2.51. The van der Waals surface area contributed by atoms with E-state index < -0.39 is 20.5 Å². The van der Waals surface area contributed by atoms with Crippen LogP contribution >= 0.6 is 0 Å². The average molecular weight is 480 g/mol. The van der Waals surface area contributed by atoms with Crippen LogP contribution < -0.4 is 15.7 Å². The first-order valence-electron chi connectivity index (χ1n) is 11.7. The van der Waals surface area contributed by atoms with Crippen LogP contribution in [-0.4, -0.2) is 39.4 Å². The molecule has 0 aromatic heterocycles. The fourth-order valence-corrected chi connectivity index (χ4v) is 8.78. The summed E-state index contributed by atoms with van der Waals surface area (Å²) >= 11 is 0. The van der Waals surface area contributed by atoms with Crippen molar-refractivity contribution in [3.8, 4) is 0 Å². The second-order valence-electron chi connectivity index (χ2n) is 9.24. The third-order valence-electron chi connectivity index (χ3n) is 5.65. The molecule has 0 saturated carbocycles. The van der Waals surface area contributed by atoms with Crippen LogP contribution in [0.2, 0.25) is 5.04 Å². The van der Waals surface area contributed by atoms with Crippen LogP contribution in [-0.2, 0) is 14.0 Å². The van der Waals surface area contributed by atoms with Gasteiger partial charge in [0.05, 0.1) is 6.10 Å². The molecule has 0 unspecified atom stereocenters. The molecular weight excluding hydrogens is 442 g/mol. The second-order valence-corrected chi connectivity index (χ2v) is 13.5. The highest BCUT2D eigenvalue weighted by atomic mass is 28.4. The maximum absolute atomic E-state index is 12.8. The standard InChI is InChI=1S/C28H37NO4Si/c1-6-8-15-23(30)21-24(22-29-27(31)32-20-7-2)33-34(28(3,4)5,25-16-11-9-12-17-25)26-18-13-10-14-19-26/h6-7,9-14,16-19,24H,1-2,8,15,20-22H2,3-5H3,(H,29,31)/t24-/m1/s1. The zero-order valence-electron chi connectivity index (χ0n) is 20.6. The summed E-state index contributed by atoms with van der Waals surface area (Å²) in [5.74, 6) is 0.0732. The van der Waals surface area contributed by atoms with E-state index in [1.54, 1.807) is 6.08 Å². The van der Waals surface area contributed by atoms with E-state index in [0.29, 0.717) is 12.8 Å². The van der Waals surface area contributed by atoms with Crippen molar-refractivity contribution in [2.45, 2.75) is 51.2 Å². The normalized spacial score (nSPS) is 12.4. The minimum atomic E-state index is -2.89. The first kappa shape index (κ1) is 27.3. The molecule has 0 aliphatic heterocycles. The van der Waals surface area contributed by atoms with Gasteiger partial charge in [-0.2, -0.15) is 0 Å². The molecule has 182 valence electrons. The molecule has 2 aromatic carbocycles. The Balaban J connectivity index is 2.49. The smallest absolute Gasteiger partial charge is 0.407 e. The number of carbonyl (C=O) groups is 2. The van der Waals surface area contributed by atoms with Gasteiger partial charge < -0.3 is 14.5 Å². The lowest BCUT2D eigenvalue weighted by Gasteiger charge is -2.45. The zero-order valence-corrected chi connectivity index (χ0v) is 21.6. The number of nitrogens with one attached hydrogen (secondary N) is 1. The number of amides is 1. The molecule has 0 fully saturated rings. The number of ether oxygens (including phenoxy) is 1. The van der Waals surface area contributed by atoms with Gasteiger partial charge in [-0.1, -0.05) is 100 Å². The van der Waals surface area contributed by atoms with Crippen molar-refractivity contribution in [3.63, 3.8) is 0 Å². The Morgan fingerprint density at radius 2 is 1.53 bits per heavy atom. The van der Waals surface area contributed by atoms with Gasteiger partial charge in [-0.15, -0.1) is 6.58 Å². The number of ketones is 1. The van der Waals surface area contributed by atoms with Gasteiger partial charge in [0, 0.05) is 19.4 Å². The molecule has 2 rings (SSSR count). The fourth-order valence-electron chi connectivity index (χ4n) is 4.10. The van der Waals surface area contributed by atoms with Crippen LogP contribution in [0.4, 0.5) is 4.79 Å². The number of carbonyl (C=O) groups excluding carboxylic acids is 2. The van der Waals surface area contributed by atoms with E-state index in [2.05, 4.69) is 63.5 Å². The monoisotopic (exact) mass is 479 g/mol. The summed E-state index contributed by atoms with van der Waals surface area (Å²) in [6.45, 7) is 14.1. The molecule has 2 aromatic rings. The van der Waals surface area contributed by atoms with Crippen LogP contribution in [0.1, 0.15) is 40.0 Å². The lowest BCUT2D eigenvalue weighted by Crippen LogP contribution is -2.68. The van der Waals surface area contributed by atoms with E-state index in [9.17, 15) is 9.59 Å². The molecule has 0 bridgehead atoms. The van der Waals surface area contributed by atoms with Gasteiger partial charge in [0.15, 0.2) is 0 Å². The molecule has 34 heavy (non-hydrogen) atoms. The lowest BCUT2D eigenvalue weighted by molar-refractivity contribution is -0.120. The van der Waals surface area contributed by atoms with E-state index in [0.717, 1.165) is 10.4 Å². The Morgan fingerprint density at radius 3 is 2.00 bits per heavy atom. The molecule has 0 heterocycles. The van der Waals surface area contributed by atoms with Crippen molar-refractivity contribution < 1.29 is 18.8 Å². The minimum absolute atomic E-state index is 0.0732. The fraction of sp³-hybridized carbons (Fsp3) is 0.357. The van der Waals surface area contributed by atoms with Gasteiger partial charge in [0.1, 0.15) is 12.4 Å². The third-order valence-corrected chi connectivity index (χ3v) is 10.7. The third kappa shape index (κ3) is 7.27. The molecule has 0 aliphatic carbocycles. The van der Waals surface area contributed by atoms with Crippen molar-refractivity contribution in [1.29, 1.82) is 0 Å². The van der Waals surface area contributed by atoms with Crippen molar-refractivity contribution >= 4 is 30.6 Å². The number of allylic oxidation sites excluding steroid dienone is 1. The molecule has 0 spiro atoms. The number of rotatable bonds is 13. The Morgan fingerprint density at radius 1 is 0.971 bits per heavy atom. The molecule has 1 amide bonds. The minimum Gasteiger partial charge on any atom is -0.445 e. The van der Waals surface area contributed by atoms with Crippen LogP contribution in [0, 0.1) is 0 Å². The summed E-state index contributed by atoms with van der Waals surface area (Å²) in [4.78, 5) is 24.9. The van der Waals surface area contributed by atoms with Gasteiger partial charge in [0.25, 0.3) is 8.32 Å². The highest BCUT2D eigenvalue weighted by molar-refractivity contribution is 6.99. The second kappa shape index (κ2) is 13.1. The topological polar surface area (TPSA) is 64.6 Å². The van der Waals surface area contributed by atoms with E-state index in [-0.39, 0.29) is 30.4 Å². The quantitative estimate of drug-likeness (QED) is 0.332. The molecule has 0 radical (unpaired) electrons. The van der Waals surface area contributed by atoms with Gasteiger partial charge in [-0.05, 0) is 21.8 Å². The van der Waals surface area contributed by atoms with E-state index in [4.69, 9.17) is 9.16 Å². The molecule has 0 aliphatic rings. The predicted octanol–water partition coefficient (Wildman–Crippen LogP) is 4.77. The summed E-state index contributed by atoms with van der Waals surface area (Å²) in [6.07, 6.45) is 3.37. The van der Waals surface area contributed by atoms with Crippen molar-refractivity contribution in [3.05, 3.63) is 86.0 Å². The van der Waals surface area contributed by atoms with Crippen LogP contribution in [0.25, 0.3) is 0 Å². The summed E-state index contributed by atoms with van der Waals surface area (Å²) in [6, 6.07) is 20.5. The molecule has 0 saturated heterocycles. The SMILES string of the molecule is C=CCCC(=O)C[C@H](CNC(=O)OCC=C)O[Si](c1ccccc1)(c1ccccc1)C(C)(C)C. The number of hydrogen-bond acceptors (Lipinski definition) is 4. The predicted molar refractivity (Wildman–Crippen MR) is 141 cm³/mol.